The van der Waals surface area contributed by atoms with E-state index >= 15 is 0 Å². The van der Waals surface area contributed by atoms with Crippen LogP contribution in [0.3, 0.4) is 0 Å². The summed E-state index contributed by atoms with van der Waals surface area (Å²) in [5, 5.41) is 6.50. The molecule has 0 spiro atoms. The topological polar surface area (TPSA) is 59.6 Å². The number of carbonyl (C=O) groups excluding carboxylic acids is 1. The largest absolute Gasteiger partial charge is 0.383 e. The van der Waals surface area contributed by atoms with Crippen molar-refractivity contribution >= 4 is 5.91 Å². The fourth-order valence-electron chi connectivity index (χ4n) is 2.99. The molecule has 2 N–H and O–H groups in total. The Labute approximate surface area is 115 Å². The Morgan fingerprint density at radius 2 is 2.42 bits per heavy atom. The van der Waals surface area contributed by atoms with E-state index in [9.17, 15) is 4.79 Å². The minimum atomic E-state index is -0.0612. The standard InChI is InChI=1S/C14H26N2O3/c1-18-11-14(7-3-8-16-14)10-15-13(17)6-5-12-4-2-9-19-12/h12,16H,2-11H2,1H3,(H,15,17). The van der Waals surface area contributed by atoms with Crippen molar-refractivity contribution in [3.8, 4) is 0 Å². The quantitative estimate of drug-likeness (QED) is 0.719. The average molecular weight is 270 g/mol. The van der Waals surface area contributed by atoms with Gasteiger partial charge in [-0.05, 0) is 38.6 Å². The van der Waals surface area contributed by atoms with Crippen LogP contribution in [0.4, 0.5) is 0 Å². The number of hydrogen-bond acceptors (Lipinski definition) is 4. The zero-order valence-electron chi connectivity index (χ0n) is 11.9. The van der Waals surface area contributed by atoms with Crippen LogP contribution in [0.5, 0.6) is 0 Å². The summed E-state index contributed by atoms with van der Waals surface area (Å²) in [6.07, 6.45) is 6.14. The van der Waals surface area contributed by atoms with Crippen molar-refractivity contribution in [3.05, 3.63) is 0 Å². The molecule has 2 heterocycles. The SMILES string of the molecule is COCC1(CNC(=O)CCC2CCCO2)CCCN1. The number of hydrogen-bond donors (Lipinski definition) is 2. The summed E-state index contributed by atoms with van der Waals surface area (Å²) < 4.78 is 10.8. The van der Waals surface area contributed by atoms with E-state index in [1.54, 1.807) is 7.11 Å². The molecule has 0 aromatic rings. The molecular formula is C14H26N2O3. The molecule has 2 unspecified atom stereocenters. The smallest absolute Gasteiger partial charge is 0.220 e. The molecule has 2 rings (SSSR count). The molecule has 0 aromatic carbocycles. The van der Waals surface area contributed by atoms with Crippen molar-refractivity contribution in [2.24, 2.45) is 0 Å². The van der Waals surface area contributed by atoms with Crippen LogP contribution in [0.1, 0.15) is 38.5 Å². The highest BCUT2D eigenvalue weighted by molar-refractivity contribution is 5.76. The van der Waals surface area contributed by atoms with Crippen molar-refractivity contribution in [3.63, 3.8) is 0 Å². The normalized spacial score (nSPS) is 30.7. The second kappa shape index (κ2) is 7.22. The van der Waals surface area contributed by atoms with Crippen LogP contribution in [0.2, 0.25) is 0 Å². The summed E-state index contributed by atoms with van der Waals surface area (Å²) in [6.45, 7) is 3.17. The van der Waals surface area contributed by atoms with Gasteiger partial charge in [0, 0.05) is 26.7 Å². The fraction of sp³-hybridized carbons (Fsp3) is 0.929. The second-order valence-corrected chi connectivity index (χ2v) is 5.69. The lowest BCUT2D eigenvalue weighted by atomic mass is 9.98. The zero-order valence-corrected chi connectivity index (χ0v) is 11.9. The van der Waals surface area contributed by atoms with Crippen LogP contribution in [0, 0.1) is 0 Å². The lowest BCUT2D eigenvalue weighted by Crippen LogP contribution is -2.53. The minimum absolute atomic E-state index is 0.0612. The molecule has 2 aliphatic rings. The van der Waals surface area contributed by atoms with Gasteiger partial charge in [0.25, 0.3) is 0 Å². The maximum Gasteiger partial charge on any atom is 0.220 e. The molecule has 0 radical (unpaired) electrons. The van der Waals surface area contributed by atoms with Gasteiger partial charge < -0.3 is 20.1 Å². The number of amides is 1. The van der Waals surface area contributed by atoms with Crippen molar-refractivity contribution in [1.29, 1.82) is 0 Å². The highest BCUT2D eigenvalue weighted by Gasteiger charge is 2.33. The highest BCUT2D eigenvalue weighted by atomic mass is 16.5. The zero-order chi connectivity index (χ0) is 13.6. The van der Waals surface area contributed by atoms with E-state index in [1.807, 2.05) is 0 Å². The van der Waals surface area contributed by atoms with Gasteiger partial charge in [0.05, 0.1) is 18.2 Å². The summed E-state index contributed by atoms with van der Waals surface area (Å²) in [6, 6.07) is 0. The van der Waals surface area contributed by atoms with Gasteiger partial charge in [-0.1, -0.05) is 0 Å². The van der Waals surface area contributed by atoms with E-state index in [4.69, 9.17) is 9.47 Å². The monoisotopic (exact) mass is 270 g/mol. The first kappa shape index (κ1) is 14.8. The molecule has 0 aliphatic carbocycles. The van der Waals surface area contributed by atoms with Crippen molar-refractivity contribution in [1.82, 2.24) is 10.6 Å². The number of carbonyl (C=O) groups is 1. The third-order valence-corrected chi connectivity index (χ3v) is 4.09. The molecule has 1 amide bonds. The Morgan fingerprint density at radius 3 is 3.05 bits per heavy atom. The Balaban J connectivity index is 1.66. The minimum Gasteiger partial charge on any atom is -0.383 e. The fourth-order valence-corrected chi connectivity index (χ4v) is 2.99. The lowest BCUT2D eigenvalue weighted by Gasteiger charge is -2.29. The molecule has 19 heavy (non-hydrogen) atoms. The van der Waals surface area contributed by atoms with E-state index < -0.39 is 0 Å². The lowest BCUT2D eigenvalue weighted by molar-refractivity contribution is -0.122. The van der Waals surface area contributed by atoms with Crippen LogP contribution in [-0.2, 0) is 14.3 Å². The first-order chi connectivity index (χ1) is 9.24. The maximum atomic E-state index is 11.9. The number of methoxy groups -OCH3 is 1. The van der Waals surface area contributed by atoms with Gasteiger partial charge >= 0.3 is 0 Å². The van der Waals surface area contributed by atoms with E-state index in [2.05, 4.69) is 10.6 Å². The number of nitrogens with one attached hydrogen (secondary N) is 2. The van der Waals surface area contributed by atoms with Crippen molar-refractivity contribution < 1.29 is 14.3 Å². The van der Waals surface area contributed by atoms with Gasteiger partial charge in [-0.25, -0.2) is 0 Å². The number of rotatable bonds is 7. The first-order valence-electron chi connectivity index (χ1n) is 7.36. The molecule has 5 heteroatoms. The van der Waals surface area contributed by atoms with Gasteiger partial charge in [0.15, 0.2) is 0 Å². The number of ether oxygens (including phenoxy) is 2. The van der Waals surface area contributed by atoms with Gasteiger partial charge in [0.1, 0.15) is 0 Å². The predicted octanol–water partition coefficient (Wildman–Crippen LogP) is 0.830. The average Bonchev–Trinajstić information content (AvgIpc) is 3.06. The van der Waals surface area contributed by atoms with E-state index in [0.29, 0.717) is 25.7 Å². The van der Waals surface area contributed by atoms with Crippen molar-refractivity contribution in [2.45, 2.75) is 50.2 Å². The van der Waals surface area contributed by atoms with E-state index in [-0.39, 0.29) is 11.4 Å². The summed E-state index contributed by atoms with van der Waals surface area (Å²) >= 11 is 0. The molecule has 110 valence electrons. The van der Waals surface area contributed by atoms with Gasteiger partial charge in [-0.2, -0.15) is 0 Å². The Hall–Kier alpha value is -0.650. The molecule has 2 saturated heterocycles. The third-order valence-electron chi connectivity index (χ3n) is 4.09. The molecule has 0 bridgehead atoms. The molecule has 2 aliphatic heterocycles. The summed E-state index contributed by atoms with van der Waals surface area (Å²) in [7, 11) is 1.71. The maximum absolute atomic E-state index is 11.9. The molecular weight excluding hydrogens is 244 g/mol. The van der Waals surface area contributed by atoms with E-state index in [1.165, 1.54) is 0 Å². The van der Waals surface area contributed by atoms with Gasteiger partial charge in [-0.3, -0.25) is 4.79 Å². The van der Waals surface area contributed by atoms with Gasteiger partial charge in [0.2, 0.25) is 5.91 Å². The Bertz CT molecular complexity index is 284. The van der Waals surface area contributed by atoms with Gasteiger partial charge in [-0.15, -0.1) is 0 Å². The first-order valence-corrected chi connectivity index (χ1v) is 7.36. The van der Waals surface area contributed by atoms with Crippen LogP contribution < -0.4 is 10.6 Å². The molecule has 0 aromatic heterocycles. The Kier molecular flexibility index (Phi) is 5.60. The molecule has 2 atom stereocenters. The summed E-state index contributed by atoms with van der Waals surface area (Å²) in [4.78, 5) is 11.9. The molecule has 2 fully saturated rings. The van der Waals surface area contributed by atoms with Crippen LogP contribution in [-0.4, -0.2) is 51.0 Å². The van der Waals surface area contributed by atoms with Crippen LogP contribution >= 0.6 is 0 Å². The van der Waals surface area contributed by atoms with Crippen LogP contribution in [0.15, 0.2) is 0 Å². The van der Waals surface area contributed by atoms with Crippen LogP contribution in [0.25, 0.3) is 0 Å². The molecule has 0 saturated carbocycles. The predicted molar refractivity (Wildman–Crippen MR) is 73.1 cm³/mol. The van der Waals surface area contributed by atoms with Crippen molar-refractivity contribution in [2.75, 3.05) is 33.4 Å². The Morgan fingerprint density at radius 1 is 1.53 bits per heavy atom. The summed E-state index contributed by atoms with van der Waals surface area (Å²) in [5.41, 5.74) is -0.0612. The highest BCUT2D eigenvalue weighted by Crippen LogP contribution is 2.19. The van der Waals surface area contributed by atoms with E-state index in [0.717, 1.165) is 45.3 Å². The third kappa shape index (κ3) is 4.44. The summed E-state index contributed by atoms with van der Waals surface area (Å²) in [5.74, 6) is 0.125. The molecule has 5 nitrogen and oxygen atoms in total. The second-order valence-electron chi connectivity index (χ2n) is 5.69.